The number of hydrogen-bond donors (Lipinski definition) is 3. The fourth-order valence-electron chi connectivity index (χ4n) is 3.06. The second-order valence-corrected chi connectivity index (χ2v) is 6.52. The maximum Gasteiger partial charge on any atom is 0.227 e. The number of phenolic OH excluding ortho intramolecular Hbond substituents is 1. The Bertz CT molecular complexity index is 864. The van der Waals surface area contributed by atoms with E-state index in [1.807, 2.05) is 6.07 Å². The van der Waals surface area contributed by atoms with Gasteiger partial charge in [-0.2, -0.15) is 0 Å². The van der Waals surface area contributed by atoms with Crippen LogP contribution in [-0.4, -0.2) is 29.4 Å². The number of amides is 3. The monoisotopic (exact) mass is 367 g/mol. The molecule has 1 heterocycles. The summed E-state index contributed by atoms with van der Waals surface area (Å²) >= 11 is 0. The van der Waals surface area contributed by atoms with Crippen molar-refractivity contribution < 1.29 is 19.5 Å². The molecule has 1 fully saturated rings. The molecule has 0 saturated carbocycles. The number of rotatable bonds is 5. The molecule has 7 heteroatoms. The van der Waals surface area contributed by atoms with E-state index in [2.05, 4.69) is 10.6 Å². The minimum atomic E-state index is -0.426. The van der Waals surface area contributed by atoms with E-state index in [9.17, 15) is 19.5 Å². The van der Waals surface area contributed by atoms with Gasteiger partial charge in [0.05, 0.1) is 5.92 Å². The molecule has 0 bridgehead atoms. The van der Waals surface area contributed by atoms with Gasteiger partial charge in [0.25, 0.3) is 0 Å². The summed E-state index contributed by atoms with van der Waals surface area (Å²) in [6.45, 7) is 2.03. The van der Waals surface area contributed by atoms with Crippen molar-refractivity contribution >= 4 is 29.1 Å². The van der Waals surface area contributed by atoms with Gasteiger partial charge < -0.3 is 20.6 Å². The van der Waals surface area contributed by atoms with Crippen LogP contribution >= 0.6 is 0 Å². The average molecular weight is 367 g/mol. The van der Waals surface area contributed by atoms with Crippen LogP contribution in [0.25, 0.3) is 0 Å². The van der Waals surface area contributed by atoms with Gasteiger partial charge in [0.2, 0.25) is 17.7 Å². The zero-order valence-corrected chi connectivity index (χ0v) is 14.9. The van der Waals surface area contributed by atoms with E-state index in [-0.39, 0.29) is 29.9 Å². The summed E-state index contributed by atoms with van der Waals surface area (Å²) in [5, 5.41) is 15.0. The fourth-order valence-corrected chi connectivity index (χ4v) is 3.06. The van der Waals surface area contributed by atoms with Crippen LogP contribution in [-0.2, 0) is 20.9 Å². The molecule has 1 atom stereocenters. The molecule has 2 aromatic carbocycles. The van der Waals surface area contributed by atoms with Crippen molar-refractivity contribution in [3.8, 4) is 5.75 Å². The molecule has 0 spiro atoms. The Hall–Kier alpha value is -3.35. The van der Waals surface area contributed by atoms with Crippen LogP contribution in [0.1, 0.15) is 18.9 Å². The maximum atomic E-state index is 12.4. The first kappa shape index (κ1) is 18.4. The molecule has 0 aliphatic carbocycles. The van der Waals surface area contributed by atoms with Gasteiger partial charge in [-0.3, -0.25) is 14.4 Å². The van der Waals surface area contributed by atoms with Crippen LogP contribution in [0.4, 0.5) is 11.4 Å². The largest absolute Gasteiger partial charge is 0.508 e. The summed E-state index contributed by atoms with van der Waals surface area (Å²) in [4.78, 5) is 37.4. The predicted molar refractivity (Wildman–Crippen MR) is 101 cm³/mol. The molecule has 0 radical (unpaired) electrons. The second kappa shape index (κ2) is 7.90. The van der Waals surface area contributed by atoms with Crippen LogP contribution in [0.3, 0.4) is 0 Å². The quantitative estimate of drug-likeness (QED) is 0.753. The fraction of sp³-hybridized carbons (Fsp3) is 0.250. The lowest BCUT2D eigenvalue weighted by molar-refractivity contribution is -0.126. The lowest BCUT2D eigenvalue weighted by atomic mass is 10.1. The summed E-state index contributed by atoms with van der Waals surface area (Å²) in [5.41, 5.74) is 2.13. The summed E-state index contributed by atoms with van der Waals surface area (Å²) < 4.78 is 0. The van der Waals surface area contributed by atoms with Gasteiger partial charge in [-0.1, -0.05) is 12.1 Å². The average Bonchev–Trinajstić information content (AvgIpc) is 3.02. The molecule has 1 saturated heterocycles. The van der Waals surface area contributed by atoms with Crippen molar-refractivity contribution in [2.75, 3.05) is 16.8 Å². The Morgan fingerprint density at radius 3 is 2.59 bits per heavy atom. The smallest absolute Gasteiger partial charge is 0.227 e. The number of hydrogen-bond acceptors (Lipinski definition) is 4. The molecule has 1 aliphatic heterocycles. The Kier molecular flexibility index (Phi) is 5.40. The Morgan fingerprint density at radius 2 is 1.93 bits per heavy atom. The van der Waals surface area contributed by atoms with Gasteiger partial charge in [0.1, 0.15) is 5.75 Å². The lowest BCUT2D eigenvalue weighted by Crippen LogP contribution is -2.32. The van der Waals surface area contributed by atoms with Crippen molar-refractivity contribution in [3.05, 3.63) is 54.1 Å². The van der Waals surface area contributed by atoms with Gasteiger partial charge in [0.15, 0.2) is 0 Å². The SMILES string of the molecule is CC(=O)Nc1ccc(N2CC(C(=O)NCc3cccc(O)c3)CC2=O)cc1. The van der Waals surface area contributed by atoms with Crippen molar-refractivity contribution in [1.29, 1.82) is 0 Å². The lowest BCUT2D eigenvalue weighted by Gasteiger charge is -2.17. The van der Waals surface area contributed by atoms with Gasteiger partial charge in [-0.05, 0) is 42.0 Å². The molecule has 3 N–H and O–H groups in total. The van der Waals surface area contributed by atoms with Crippen LogP contribution in [0.2, 0.25) is 0 Å². The Balaban J connectivity index is 1.59. The highest BCUT2D eigenvalue weighted by Gasteiger charge is 2.34. The zero-order chi connectivity index (χ0) is 19.4. The van der Waals surface area contributed by atoms with E-state index in [1.54, 1.807) is 47.4 Å². The third kappa shape index (κ3) is 4.63. The molecule has 1 unspecified atom stereocenters. The van der Waals surface area contributed by atoms with E-state index < -0.39 is 5.92 Å². The molecule has 0 aromatic heterocycles. The number of aromatic hydroxyl groups is 1. The predicted octanol–water partition coefficient (Wildman–Crippen LogP) is 2.02. The van der Waals surface area contributed by atoms with E-state index in [0.717, 1.165) is 5.56 Å². The highest BCUT2D eigenvalue weighted by molar-refractivity contribution is 6.00. The van der Waals surface area contributed by atoms with Gasteiger partial charge in [-0.25, -0.2) is 0 Å². The van der Waals surface area contributed by atoms with E-state index in [0.29, 0.717) is 24.5 Å². The molecule has 1 aliphatic rings. The number of anilines is 2. The summed E-state index contributed by atoms with van der Waals surface area (Å²) in [6, 6.07) is 13.6. The molecular weight excluding hydrogens is 346 g/mol. The molecular formula is C20H21N3O4. The first-order valence-corrected chi connectivity index (χ1v) is 8.66. The number of carbonyl (C=O) groups is 3. The molecule has 140 valence electrons. The summed E-state index contributed by atoms with van der Waals surface area (Å²) in [7, 11) is 0. The van der Waals surface area contributed by atoms with Crippen LogP contribution < -0.4 is 15.5 Å². The number of benzene rings is 2. The number of nitrogens with one attached hydrogen (secondary N) is 2. The highest BCUT2D eigenvalue weighted by Crippen LogP contribution is 2.26. The van der Waals surface area contributed by atoms with Crippen LogP contribution in [0.5, 0.6) is 5.75 Å². The van der Waals surface area contributed by atoms with Gasteiger partial charge in [0, 0.05) is 37.8 Å². The third-order valence-corrected chi connectivity index (χ3v) is 4.37. The van der Waals surface area contributed by atoms with E-state index in [1.165, 1.54) is 6.92 Å². The second-order valence-electron chi connectivity index (χ2n) is 6.52. The summed E-state index contributed by atoms with van der Waals surface area (Å²) in [6.07, 6.45) is 0.152. The van der Waals surface area contributed by atoms with Crippen LogP contribution in [0.15, 0.2) is 48.5 Å². The number of phenols is 1. The maximum absolute atomic E-state index is 12.4. The van der Waals surface area contributed by atoms with Crippen molar-refractivity contribution in [2.24, 2.45) is 5.92 Å². The Labute approximate surface area is 157 Å². The third-order valence-electron chi connectivity index (χ3n) is 4.37. The van der Waals surface area contributed by atoms with Crippen LogP contribution in [0, 0.1) is 5.92 Å². The Morgan fingerprint density at radius 1 is 1.19 bits per heavy atom. The molecule has 3 rings (SSSR count). The van der Waals surface area contributed by atoms with E-state index >= 15 is 0 Å². The van der Waals surface area contributed by atoms with Crippen molar-refractivity contribution in [2.45, 2.75) is 19.9 Å². The molecule has 3 amide bonds. The van der Waals surface area contributed by atoms with Crippen molar-refractivity contribution in [3.63, 3.8) is 0 Å². The first-order valence-electron chi connectivity index (χ1n) is 8.66. The van der Waals surface area contributed by atoms with Crippen molar-refractivity contribution in [1.82, 2.24) is 5.32 Å². The van der Waals surface area contributed by atoms with E-state index in [4.69, 9.17) is 0 Å². The highest BCUT2D eigenvalue weighted by atomic mass is 16.3. The van der Waals surface area contributed by atoms with Gasteiger partial charge in [-0.15, -0.1) is 0 Å². The topological polar surface area (TPSA) is 98.7 Å². The standard InChI is InChI=1S/C20H21N3O4/c1-13(24)22-16-5-7-17(8-6-16)23-12-15(10-19(23)26)20(27)21-11-14-3-2-4-18(25)9-14/h2-9,15,25H,10-12H2,1H3,(H,21,27)(H,22,24). The first-order chi connectivity index (χ1) is 12.9. The summed E-state index contributed by atoms with van der Waals surface area (Å²) in [5.74, 6) is -0.746. The zero-order valence-electron chi connectivity index (χ0n) is 14.9. The number of nitrogens with zero attached hydrogens (tertiary/aromatic N) is 1. The number of carbonyl (C=O) groups excluding carboxylic acids is 3. The molecule has 27 heavy (non-hydrogen) atoms. The normalized spacial score (nSPS) is 16.3. The minimum Gasteiger partial charge on any atom is -0.508 e. The van der Waals surface area contributed by atoms with Gasteiger partial charge >= 0.3 is 0 Å². The molecule has 2 aromatic rings. The molecule has 7 nitrogen and oxygen atoms in total. The minimum absolute atomic E-state index is 0.111.